The van der Waals surface area contributed by atoms with Gasteiger partial charge in [0.15, 0.2) is 5.82 Å². The van der Waals surface area contributed by atoms with Crippen molar-refractivity contribution >= 4 is 21.5 Å². The lowest BCUT2D eigenvalue weighted by atomic mass is 10.0. The molecular formula is C45H29N5. The van der Waals surface area contributed by atoms with Gasteiger partial charge in [0.1, 0.15) is 0 Å². The smallest absolute Gasteiger partial charge is 0.160 e. The van der Waals surface area contributed by atoms with Gasteiger partial charge in [-0.15, -0.1) is 0 Å². The van der Waals surface area contributed by atoms with E-state index < -0.39 is 0 Å². The highest BCUT2D eigenvalue weighted by molar-refractivity contribution is 5.89. The van der Waals surface area contributed by atoms with Crippen molar-refractivity contribution in [2.45, 2.75) is 0 Å². The third-order valence-corrected chi connectivity index (χ3v) is 8.96. The molecule has 0 saturated carbocycles. The number of rotatable bonds is 6. The molecule has 4 heterocycles. The number of fused-ring (bicyclic) bond motifs is 2. The molecule has 4 aromatic heterocycles. The van der Waals surface area contributed by atoms with Crippen LogP contribution < -0.4 is 0 Å². The molecular weight excluding hydrogens is 611 g/mol. The van der Waals surface area contributed by atoms with Crippen LogP contribution in [0.3, 0.4) is 0 Å². The normalized spacial score (nSPS) is 11.2. The molecule has 0 N–H and O–H groups in total. The highest BCUT2D eigenvalue weighted by atomic mass is 14.9. The first kappa shape index (κ1) is 29.3. The zero-order chi connectivity index (χ0) is 33.3. The molecule has 0 unspecified atom stereocenters. The average molecular weight is 640 g/mol. The Balaban J connectivity index is 1.20. The largest absolute Gasteiger partial charge is 0.255 e. The van der Waals surface area contributed by atoms with E-state index in [2.05, 4.69) is 120 Å². The maximum atomic E-state index is 5.16. The second-order valence-electron chi connectivity index (χ2n) is 12.2. The monoisotopic (exact) mass is 639 g/mol. The molecule has 0 saturated heterocycles. The van der Waals surface area contributed by atoms with Gasteiger partial charge in [-0.2, -0.15) is 0 Å². The van der Waals surface area contributed by atoms with Crippen molar-refractivity contribution in [1.29, 1.82) is 0 Å². The molecule has 5 aromatic carbocycles. The van der Waals surface area contributed by atoms with Crippen LogP contribution in [0.4, 0.5) is 0 Å². The van der Waals surface area contributed by atoms with Crippen LogP contribution in [-0.2, 0) is 0 Å². The summed E-state index contributed by atoms with van der Waals surface area (Å²) in [6.45, 7) is 0. The Hall–Kier alpha value is -6.85. The lowest BCUT2D eigenvalue weighted by molar-refractivity contribution is 1.17. The topological polar surface area (TPSA) is 64.5 Å². The van der Waals surface area contributed by atoms with Crippen LogP contribution in [0.2, 0.25) is 0 Å². The third kappa shape index (κ3) is 5.78. The molecule has 0 atom stereocenters. The quantitative estimate of drug-likeness (QED) is 0.181. The van der Waals surface area contributed by atoms with Gasteiger partial charge in [-0.3, -0.25) is 9.97 Å². The molecule has 50 heavy (non-hydrogen) atoms. The molecule has 0 aliphatic heterocycles. The standard InChI is InChI=1S/C45H29N5/c1-2-10-30(11-3-1)38-27-43(39-16-8-9-22-46-39)48-44(28-38)42-26-37(21-23-47-42)45-49-40(35-19-17-31-12-4-6-14-33(31)24-35)29-41(50-45)36-20-18-32-13-5-7-15-34(32)25-36/h1-29H. The SMILES string of the molecule is c1ccc(-c2cc(-c3ccccn3)nc(-c3cc(-c4nc(-c5ccc6ccccc6c5)cc(-c5ccc6ccccc6c5)n4)ccn3)c2)cc1. The first-order valence-corrected chi connectivity index (χ1v) is 16.6. The maximum absolute atomic E-state index is 5.16. The fourth-order valence-electron chi connectivity index (χ4n) is 6.38. The second kappa shape index (κ2) is 12.6. The predicted molar refractivity (Wildman–Crippen MR) is 203 cm³/mol. The van der Waals surface area contributed by atoms with Gasteiger partial charge in [0.2, 0.25) is 0 Å². The zero-order valence-corrected chi connectivity index (χ0v) is 27.0. The van der Waals surface area contributed by atoms with E-state index in [1.54, 1.807) is 6.20 Å². The Labute approximate surface area is 289 Å². The molecule has 234 valence electrons. The zero-order valence-electron chi connectivity index (χ0n) is 27.0. The van der Waals surface area contributed by atoms with E-state index in [1.165, 1.54) is 10.8 Å². The molecule has 5 nitrogen and oxygen atoms in total. The van der Waals surface area contributed by atoms with E-state index >= 15 is 0 Å². The van der Waals surface area contributed by atoms with Gasteiger partial charge in [-0.05, 0) is 87.3 Å². The van der Waals surface area contributed by atoms with Crippen molar-refractivity contribution in [3.63, 3.8) is 0 Å². The van der Waals surface area contributed by atoms with E-state index in [0.29, 0.717) is 5.82 Å². The Morgan fingerprint density at radius 2 is 0.820 bits per heavy atom. The first-order chi connectivity index (χ1) is 24.7. The fourth-order valence-corrected chi connectivity index (χ4v) is 6.38. The average Bonchev–Trinajstić information content (AvgIpc) is 3.21. The van der Waals surface area contributed by atoms with Crippen molar-refractivity contribution in [2.24, 2.45) is 0 Å². The maximum Gasteiger partial charge on any atom is 0.160 e. The minimum atomic E-state index is 0.617. The predicted octanol–water partition coefficient (Wildman–Crippen LogP) is 11.0. The highest BCUT2D eigenvalue weighted by Crippen LogP contribution is 2.33. The number of nitrogens with zero attached hydrogens (tertiary/aromatic N) is 5. The Morgan fingerprint density at radius 3 is 1.46 bits per heavy atom. The molecule has 0 aliphatic carbocycles. The summed E-state index contributed by atoms with van der Waals surface area (Å²) in [7, 11) is 0. The molecule has 9 rings (SSSR count). The van der Waals surface area contributed by atoms with Crippen molar-refractivity contribution in [2.75, 3.05) is 0 Å². The van der Waals surface area contributed by atoms with Crippen molar-refractivity contribution in [3.8, 4) is 67.8 Å². The van der Waals surface area contributed by atoms with Gasteiger partial charge in [0, 0.05) is 29.1 Å². The van der Waals surface area contributed by atoms with Crippen LogP contribution in [0, 0.1) is 0 Å². The lowest BCUT2D eigenvalue weighted by Gasteiger charge is -2.12. The number of hydrogen-bond donors (Lipinski definition) is 0. The van der Waals surface area contributed by atoms with Gasteiger partial charge in [0.25, 0.3) is 0 Å². The van der Waals surface area contributed by atoms with Gasteiger partial charge in [-0.25, -0.2) is 15.0 Å². The van der Waals surface area contributed by atoms with E-state index in [0.717, 1.165) is 72.8 Å². The van der Waals surface area contributed by atoms with Gasteiger partial charge < -0.3 is 0 Å². The molecule has 0 spiro atoms. The molecule has 0 amide bonds. The first-order valence-electron chi connectivity index (χ1n) is 16.6. The van der Waals surface area contributed by atoms with E-state index in [-0.39, 0.29) is 0 Å². The highest BCUT2D eigenvalue weighted by Gasteiger charge is 2.15. The molecule has 5 heteroatoms. The van der Waals surface area contributed by atoms with Crippen molar-refractivity contribution < 1.29 is 0 Å². The molecule has 0 aliphatic rings. The molecule has 9 aromatic rings. The summed E-state index contributed by atoms with van der Waals surface area (Å²) < 4.78 is 0. The summed E-state index contributed by atoms with van der Waals surface area (Å²) in [6.07, 6.45) is 3.60. The van der Waals surface area contributed by atoms with Gasteiger partial charge >= 0.3 is 0 Å². The fraction of sp³-hybridized carbons (Fsp3) is 0. The van der Waals surface area contributed by atoms with Crippen LogP contribution in [0.1, 0.15) is 0 Å². The van der Waals surface area contributed by atoms with Crippen LogP contribution in [0.15, 0.2) is 176 Å². The van der Waals surface area contributed by atoms with Crippen LogP contribution in [0.5, 0.6) is 0 Å². The summed E-state index contributed by atoms with van der Waals surface area (Å²) in [4.78, 5) is 24.8. The van der Waals surface area contributed by atoms with Crippen molar-refractivity contribution in [1.82, 2.24) is 24.9 Å². The minimum absolute atomic E-state index is 0.617. The van der Waals surface area contributed by atoms with Gasteiger partial charge in [0.05, 0.1) is 34.2 Å². The Bertz CT molecular complexity index is 2500. The van der Waals surface area contributed by atoms with E-state index in [4.69, 9.17) is 19.9 Å². The summed E-state index contributed by atoms with van der Waals surface area (Å²) >= 11 is 0. The third-order valence-electron chi connectivity index (χ3n) is 8.96. The Morgan fingerprint density at radius 1 is 0.260 bits per heavy atom. The second-order valence-corrected chi connectivity index (χ2v) is 12.2. The number of aromatic nitrogens is 5. The van der Waals surface area contributed by atoms with Crippen LogP contribution in [0.25, 0.3) is 89.4 Å². The number of pyridine rings is 3. The molecule has 0 radical (unpaired) electrons. The lowest BCUT2D eigenvalue weighted by Crippen LogP contribution is -1.98. The number of hydrogen-bond acceptors (Lipinski definition) is 5. The van der Waals surface area contributed by atoms with Crippen LogP contribution in [-0.4, -0.2) is 24.9 Å². The summed E-state index contributed by atoms with van der Waals surface area (Å²) in [5.74, 6) is 0.617. The van der Waals surface area contributed by atoms with Crippen LogP contribution >= 0.6 is 0 Å². The summed E-state index contributed by atoms with van der Waals surface area (Å²) in [5, 5.41) is 4.71. The van der Waals surface area contributed by atoms with E-state index in [9.17, 15) is 0 Å². The number of benzene rings is 5. The van der Waals surface area contributed by atoms with E-state index in [1.807, 2.05) is 54.7 Å². The molecule has 0 bridgehead atoms. The summed E-state index contributed by atoms with van der Waals surface area (Å²) in [5.41, 5.74) is 9.79. The molecule has 0 fully saturated rings. The van der Waals surface area contributed by atoms with Crippen molar-refractivity contribution in [3.05, 3.63) is 176 Å². The Kier molecular flexibility index (Phi) is 7.41. The summed E-state index contributed by atoms with van der Waals surface area (Å²) in [6, 6.07) is 56.2. The minimum Gasteiger partial charge on any atom is -0.255 e. The van der Waals surface area contributed by atoms with Gasteiger partial charge in [-0.1, -0.05) is 109 Å².